The minimum atomic E-state index is -0.996. The molecule has 108 valence electrons. The molecular weight excluding hydrogens is 284 g/mol. The standard InChI is InChI=1S/C13H9F2N3O3/c14-8-1-3-9(4-2-8)16-13(19)17-10-5-6-11(15)12(7-10)18(20)21/h1-7H,(H2,16,17,19). The third kappa shape index (κ3) is 3.72. The lowest BCUT2D eigenvalue weighted by Gasteiger charge is -2.07. The number of nitrogens with one attached hydrogen (secondary N) is 2. The molecule has 8 heteroatoms. The van der Waals surface area contributed by atoms with Crippen molar-refractivity contribution in [3.05, 3.63) is 64.2 Å². The highest BCUT2D eigenvalue weighted by Gasteiger charge is 2.15. The van der Waals surface area contributed by atoms with Gasteiger partial charge in [-0.1, -0.05) is 0 Å². The van der Waals surface area contributed by atoms with E-state index in [2.05, 4.69) is 10.6 Å². The van der Waals surface area contributed by atoms with E-state index in [4.69, 9.17) is 0 Å². The predicted molar refractivity (Wildman–Crippen MR) is 72.1 cm³/mol. The third-order valence-electron chi connectivity index (χ3n) is 2.50. The summed E-state index contributed by atoms with van der Waals surface area (Å²) in [6.07, 6.45) is 0. The molecule has 6 nitrogen and oxygen atoms in total. The van der Waals surface area contributed by atoms with Gasteiger partial charge in [-0.3, -0.25) is 10.1 Å². The van der Waals surface area contributed by atoms with Gasteiger partial charge in [0.1, 0.15) is 5.82 Å². The summed E-state index contributed by atoms with van der Waals surface area (Å²) in [6.45, 7) is 0. The Morgan fingerprint density at radius 1 is 1.00 bits per heavy atom. The highest BCUT2D eigenvalue weighted by Crippen LogP contribution is 2.21. The van der Waals surface area contributed by atoms with Gasteiger partial charge in [0.05, 0.1) is 4.92 Å². The lowest BCUT2D eigenvalue weighted by atomic mass is 10.2. The van der Waals surface area contributed by atoms with E-state index in [-0.39, 0.29) is 5.69 Å². The van der Waals surface area contributed by atoms with Crippen LogP contribution in [-0.2, 0) is 0 Å². The first-order chi connectivity index (χ1) is 9.95. The van der Waals surface area contributed by atoms with E-state index in [9.17, 15) is 23.7 Å². The first kappa shape index (κ1) is 14.4. The number of hydrogen-bond acceptors (Lipinski definition) is 3. The van der Waals surface area contributed by atoms with Gasteiger partial charge in [-0.25, -0.2) is 9.18 Å². The summed E-state index contributed by atoms with van der Waals surface area (Å²) in [5.41, 5.74) is -0.345. The topological polar surface area (TPSA) is 84.3 Å². The molecule has 0 bridgehead atoms. The van der Waals surface area contributed by atoms with E-state index < -0.39 is 28.3 Å². The number of halogens is 2. The van der Waals surface area contributed by atoms with Crippen molar-refractivity contribution < 1.29 is 18.5 Å². The number of urea groups is 1. The van der Waals surface area contributed by atoms with Crippen LogP contribution in [0.5, 0.6) is 0 Å². The van der Waals surface area contributed by atoms with Crippen LogP contribution in [0.1, 0.15) is 0 Å². The highest BCUT2D eigenvalue weighted by molar-refractivity contribution is 5.99. The molecule has 0 radical (unpaired) electrons. The number of amides is 2. The highest BCUT2D eigenvalue weighted by atomic mass is 19.1. The monoisotopic (exact) mass is 293 g/mol. The zero-order chi connectivity index (χ0) is 15.4. The van der Waals surface area contributed by atoms with Gasteiger partial charge in [0.25, 0.3) is 0 Å². The number of anilines is 2. The number of nitro benzene ring substituents is 1. The van der Waals surface area contributed by atoms with Gasteiger partial charge in [0, 0.05) is 17.4 Å². The molecule has 0 aliphatic rings. The summed E-state index contributed by atoms with van der Waals surface area (Å²) >= 11 is 0. The second-order valence-electron chi connectivity index (χ2n) is 4.01. The van der Waals surface area contributed by atoms with Crippen LogP contribution in [0.3, 0.4) is 0 Å². The largest absolute Gasteiger partial charge is 0.323 e. The molecular formula is C13H9F2N3O3. The van der Waals surface area contributed by atoms with Crippen LogP contribution < -0.4 is 10.6 Å². The maximum atomic E-state index is 13.1. The number of nitro groups is 1. The molecule has 0 aromatic heterocycles. The molecule has 0 saturated heterocycles. The Morgan fingerprint density at radius 3 is 2.19 bits per heavy atom. The molecule has 21 heavy (non-hydrogen) atoms. The van der Waals surface area contributed by atoms with Crippen LogP contribution in [0.4, 0.5) is 30.6 Å². The van der Waals surface area contributed by atoms with E-state index in [0.717, 1.165) is 12.1 Å². The lowest BCUT2D eigenvalue weighted by molar-refractivity contribution is -0.387. The van der Waals surface area contributed by atoms with Crippen LogP contribution in [0.2, 0.25) is 0 Å². The average Bonchev–Trinajstić information content (AvgIpc) is 2.43. The zero-order valence-corrected chi connectivity index (χ0v) is 10.5. The Bertz CT molecular complexity index is 690. The second kappa shape index (κ2) is 5.95. The number of carbonyl (C=O) groups is 1. The Morgan fingerprint density at radius 2 is 1.57 bits per heavy atom. The van der Waals surface area contributed by atoms with Crippen LogP contribution in [-0.4, -0.2) is 11.0 Å². The van der Waals surface area contributed by atoms with Crippen LogP contribution in [0.25, 0.3) is 0 Å². The van der Waals surface area contributed by atoms with Crippen molar-refractivity contribution in [1.82, 2.24) is 0 Å². The van der Waals surface area contributed by atoms with Crippen LogP contribution >= 0.6 is 0 Å². The summed E-state index contributed by atoms with van der Waals surface area (Å²) < 4.78 is 25.8. The quantitative estimate of drug-likeness (QED) is 0.670. The summed E-state index contributed by atoms with van der Waals surface area (Å²) in [5, 5.41) is 15.3. The Labute approximate surface area is 117 Å². The summed E-state index contributed by atoms with van der Waals surface area (Å²) in [5.74, 6) is -1.44. The summed E-state index contributed by atoms with van der Waals surface area (Å²) in [6, 6.07) is 7.31. The first-order valence-corrected chi connectivity index (χ1v) is 5.73. The smallest absolute Gasteiger partial charge is 0.308 e. The van der Waals surface area contributed by atoms with Gasteiger partial charge in [-0.2, -0.15) is 4.39 Å². The Balaban J connectivity index is 2.07. The van der Waals surface area contributed by atoms with Crippen molar-refractivity contribution in [3.8, 4) is 0 Å². The van der Waals surface area contributed by atoms with Crippen molar-refractivity contribution in [2.24, 2.45) is 0 Å². The molecule has 0 unspecified atom stereocenters. The van der Waals surface area contributed by atoms with Gasteiger partial charge < -0.3 is 10.6 Å². The molecule has 0 heterocycles. The molecule has 0 aliphatic carbocycles. The molecule has 2 aromatic carbocycles. The fourth-order valence-electron chi connectivity index (χ4n) is 1.56. The molecule has 0 aliphatic heterocycles. The minimum Gasteiger partial charge on any atom is -0.308 e. The van der Waals surface area contributed by atoms with Gasteiger partial charge in [0.15, 0.2) is 0 Å². The molecule has 2 aromatic rings. The molecule has 0 atom stereocenters. The van der Waals surface area contributed by atoms with Gasteiger partial charge in [0.2, 0.25) is 5.82 Å². The SMILES string of the molecule is O=C(Nc1ccc(F)cc1)Nc1ccc(F)c([N+](=O)[O-])c1. The third-order valence-corrected chi connectivity index (χ3v) is 2.50. The minimum absolute atomic E-state index is 0.0581. The van der Waals surface area contributed by atoms with Gasteiger partial charge in [-0.05, 0) is 36.4 Å². The van der Waals surface area contributed by atoms with Crippen molar-refractivity contribution in [3.63, 3.8) is 0 Å². The molecule has 0 saturated carbocycles. The Kier molecular flexibility index (Phi) is 4.07. The zero-order valence-electron chi connectivity index (χ0n) is 10.5. The van der Waals surface area contributed by atoms with Crippen molar-refractivity contribution in [2.45, 2.75) is 0 Å². The van der Waals surface area contributed by atoms with E-state index in [1.54, 1.807) is 0 Å². The summed E-state index contributed by atoms with van der Waals surface area (Å²) in [4.78, 5) is 21.3. The number of benzene rings is 2. The number of nitrogens with zero attached hydrogens (tertiary/aromatic N) is 1. The van der Waals surface area contributed by atoms with Gasteiger partial charge >= 0.3 is 11.7 Å². The fourth-order valence-corrected chi connectivity index (χ4v) is 1.56. The van der Waals surface area contributed by atoms with E-state index in [0.29, 0.717) is 5.69 Å². The number of rotatable bonds is 3. The van der Waals surface area contributed by atoms with Crippen LogP contribution in [0, 0.1) is 21.7 Å². The molecule has 0 spiro atoms. The van der Waals surface area contributed by atoms with E-state index in [1.165, 1.54) is 30.3 Å². The second-order valence-corrected chi connectivity index (χ2v) is 4.01. The summed E-state index contributed by atoms with van der Waals surface area (Å²) in [7, 11) is 0. The van der Waals surface area contributed by atoms with E-state index >= 15 is 0 Å². The molecule has 2 N–H and O–H groups in total. The Hall–Kier alpha value is -3.03. The van der Waals surface area contributed by atoms with Gasteiger partial charge in [-0.15, -0.1) is 0 Å². The number of carbonyl (C=O) groups excluding carboxylic acids is 1. The van der Waals surface area contributed by atoms with E-state index in [1.807, 2.05) is 0 Å². The lowest BCUT2D eigenvalue weighted by Crippen LogP contribution is -2.19. The fraction of sp³-hybridized carbons (Fsp3) is 0. The van der Waals surface area contributed by atoms with Crippen molar-refractivity contribution >= 4 is 23.1 Å². The molecule has 2 rings (SSSR count). The van der Waals surface area contributed by atoms with Crippen molar-refractivity contribution in [2.75, 3.05) is 10.6 Å². The first-order valence-electron chi connectivity index (χ1n) is 5.73. The average molecular weight is 293 g/mol. The maximum absolute atomic E-state index is 13.1. The molecule has 2 amide bonds. The van der Waals surface area contributed by atoms with Crippen molar-refractivity contribution in [1.29, 1.82) is 0 Å². The molecule has 0 fully saturated rings. The normalized spacial score (nSPS) is 10.0. The number of hydrogen-bond donors (Lipinski definition) is 2. The predicted octanol–water partition coefficient (Wildman–Crippen LogP) is 3.52. The van der Waals surface area contributed by atoms with Crippen LogP contribution in [0.15, 0.2) is 42.5 Å². The maximum Gasteiger partial charge on any atom is 0.323 e.